The van der Waals surface area contributed by atoms with E-state index in [1.54, 1.807) is 74.5 Å². The van der Waals surface area contributed by atoms with Crippen molar-refractivity contribution in [1.82, 2.24) is 63.8 Å². The zero-order chi connectivity index (χ0) is 83.2. The SMILES string of the molecule is CN(C)C1CCN(C(=O)c2cccc(Nc3cc4nc5c(cnn35)CCCCC(=O)Nc3cccc(c3)N4)c2)C1.CN(C)C1CCNC1.COC(=O)CCCCc1cnn2c(Nc3cccc(C(=O)OC)c3)cc(Nc3cccc(N)c3)nc12.Nc1cccc(Nc2cc(Nc3cccc(C(=O)O)c3)n3ncc(CCCCC(=O)O)c3n2)c1.[Na+].[OH-]. The van der Waals surface area contributed by atoms with Gasteiger partial charge in [-0.25, -0.2) is 24.5 Å². The number of benzene rings is 6. The zero-order valence-corrected chi connectivity index (χ0v) is 70.3. The molecule has 12 aromatic rings. The van der Waals surface area contributed by atoms with E-state index in [1.165, 1.54) is 45.9 Å². The van der Waals surface area contributed by atoms with E-state index in [0.29, 0.717) is 125 Å². The summed E-state index contributed by atoms with van der Waals surface area (Å²) in [6, 6.07) is 50.1. The number of nitrogen functional groups attached to an aromatic ring is 2. The Morgan fingerprint density at radius 2 is 1.03 bits per heavy atom. The van der Waals surface area contributed by atoms with Crippen LogP contribution in [-0.4, -0.2) is 191 Å². The normalized spacial score (nSPS) is 14.1. The molecular formula is C86H101N22NaO11. The number of aromatic carboxylic acids is 1. The number of carbonyl (C=O) groups excluding carboxylic acids is 4. The number of nitrogens with zero attached hydrogens (tertiary/aromatic N) is 12. The number of aryl methyl sites for hydroxylation is 3. The summed E-state index contributed by atoms with van der Waals surface area (Å²) in [6.07, 6.45) is 15.0. The Balaban J connectivity index is 0.000000179. The van der Waals surface area contributed by atoms with Crippen LogP contribution in [0.5, 0.6) is 0 Å². The van der Waals surface area contributed by atoms with E-state index in [1.807, 2.05) is 114 Å². The Kier molecular flexibility index (Phi) is 32.2. The van der Waals surface area contributed by atoms with Gasteiger partial charge in [-0.3, -0.25) is 19.2 Å². The van der Waals surface area contributed by atoms with Crippen molar-refractivity contribution in [3.05, 3.63) is 216 Å². The molecule has 0 radical (unpaired) electrons. The van der Waals surface area contributed by atoms with Crippen LogP contribution in [0.1, 0.15) is 118 Å². The molecule has 4 bridgehead atoms. The predicted octanol–water partition coefficient (Wildman–Crippen LogP) is 10.2. The van der Waals surface area contributed by atoms with Crippen LogP contribution in [-0.2, 0) is 43.1 Å². The number of likely N-dealkylation sites (N-methyl/N-ethyl adjacent to an activating group) is 2. The first-order valence-corrected chi connectivity index (χ1v) is 39.2. The first-order valence-electron chi connectivity index (χ1n) is 39.2. The minimum atomic E-state index is -1.02. The fourth-order valence-electron chi connectivity index (χ4n) is 13.8. The van der Waals surface area contributed by atoms with Crippen molar-refractivity contribution in [3.63, 3.8) is 0 Å². The summed E-state index contributed by atoms with van der Waals surface area (Å²) >= 11 is 0. The van der Waals surface area contributed by atoms with Gasteiger partial charge in [0.2, 0.25) is 5.91 Å². The number of hydrogen-bond donors (Lipinski definition) is 12. The molecule has 0 spiro atoms. The number of fused-ring (bicyclic) bond motifs is 5. The van der Waals surface area contributed by atoms with Crippen molar-refractivity contribution in [1.29, 1.82) is 0 Å². The summed E-state index contributed by atoms with van der Waals surface area (Å²) in [7, 11) is 11.1. The number of anilines is 15. The van der Waals surface area contributed by atoms with Crippen molar-refractivity contribution >= 4 is 139 Å². The number of nitrogens with one attached hydrogen (secondary N) is 8. The Hall–Kier alpha value is -12.8. The molecule has 2 fully saturated rings. The molecule has 9 heterocycles. The molecule has 2 saturated heterocycles. The number of aliphatic carboxylic acids is 1. The van der Waals surface area contributed by atoms with Gasteiger partial charge in [0.05, 0.1) is 43.9 Å². The molecule has 15 rings (SSSR count). The number of nitrogens with two attached hydrogens (primary N) is 2. The molecular weight excluding hydrogens is 1540 g/mol. The standard InChI is InChI=1S/C30H34N8O2.C26H28N6O4.C24H24N6O4.C6H14N2.Na.H2O/c1-36(2)25-13-14-37(19-25)30(40)20-8-5-9-22(15-20)33-27-17-26-32-23-10-6-11-24(16-23)34-28(39)12-4-3-7-21-18-31-38(27)29(21)35-26;1-35-24(33)12-4-3-7-18-16-28-32-23(30-20-10-5-8-17(13-20)26(34)36-2)15-22(31-25(18)32)29-21-11-6-9-19(27)14-21;25-17-7-4-9-19(12-17)27-20-13-21(28-18-8-3-6-15(11-18)24(33)34)30-23(29-20)16(14-26-30)5-1-2-10-22(31)32;1-8(2)6-3-4-7-5-6;;/h5-6,8-11,15-18,25,33H,3-4,7,12-14,19H2,1-2H3,(H,32,35)(H,34,39);5-6,8-11,13-16,30H,3-4,7,12,27H2,1-2H3,(H,29,31);3-4,6-9,11-14,28H,1-2,5,10,25H2,(H,27,29)(H,31,32)(H,33,34);6-7H,3-5H2,1-2H3;;1H2/q;;;;+1;/p-1. The van der Waals surface area contributed by atoms with Gasteiger partial charge in [-0.1, -0.05) is 36.4 Å². The molecule has 34 heteroatoms. The maximum absolute atomic E-state index is 13.3. The molecule has 3 aliphatic heterocycles. The first-order chi connectivity index (χ1) is 57.1. The molecule has 0 aliphatic carbocycles. The predicted molar refractivity (Wildman–Crippen MR) is 460 cm³/mol. The van der Waals surface area contributed by atoms with Gasteiger partial charge in [-0.05, 0) is 215 Å². The van der Waals surface area contributed by atoms with Crippen LogP contribution in [0.3, 0.4) is 0 Å². The van der Waals surface area contributed by atoms with E-state index in [0.717, 1.165) is 108 Å². The van der Waals surface area contributed by atoms with E-state index in [9.17, 15) is 33.9 Å². The number of esters is 2. The number of aromatic nitrogens is 9. The maximum Gasteiger partial charge on any atom is 1.00 e. The Morgan fingerprint density at radius 1 is 0.533 bits per heavy atom. The molecule has 15 N–H and O–H groups in total. The van der Waals surface area contributed by atoms with Crippen molar-refractivity contribution in [2.75, 3.05) is 117 Å². The zero-order valence-electron chi connectivity index (χ0n) is 68.3. The minimum Gasteiger partial charge on any atom is -0.870 e. The Labute approximate surface area is 716 Å². The van der Waals surface area contributed by atoms with E-state index in [4.69, 9.17) is 41.0 Å². The van der Waals surface area contributed by atoms with Crippen molar-refractivity contribution in [3.8, 4) is 0 Å². The fraction of sp³-hybridized carbons (Fsp3) is 0.302. The number of carboxylic acids is 2. The monoisotopic (exact) mass is 1640 g/mol. The van der Waals surface area contributed by atoms with Crippen LogP contribution in [0.15, 0.2) is 182 Å². The largest absolute Gasteiger partial charge is 1.00 e. The minimum absolute atomic E-state index is 0. The van der Waals surface area contributed by atoms with Crippen molar-refractivity contribution in [2.45, 2.75) is 102 Å². The second-order valence-electron chi connectivity index (χ2n) is 29.3. The number of unbranched alkanes of at least 4 members (excludes halogenated alkanes) is 2. The van der Waals surface area contributed by atoms with Crippen molar-refractivity contribution < 1.29 is 83.5 Å². The molecule has 6 aromatic heterocycles. The number of amides is 2. The van der Waals surface area contributed by atoms with E-state index >= 15 is 0 Å². The third-order valence-corrected chi connectivity index (χ3v) is 20.1. The summed E-state index contributed by atoms with van der Waals surface area (Å²) < 4.78 is 14.7. The molecule has 120 heavy (non-hydrogen) atoms. The van der Waals surface area contributed by atoms with Gasteiger partial charge in [0.15, 0.2) is 16.9 Å². The number of ether oxygens (including phenoxy) is 2. The third-order valence-electron chi connectivity index (χ3n) is 20.1. The number of hydrogen-bond acceptors (Lipinski definition) is 26. The van der Waals surface area contributed by atoms with Crippen LogP contribution in [0.25, 0.3) is 16.9 Å². The van der Waals surface area contributed by atoms with Crippen LogP contribution in [0, 0.1) is 0 Å². The van der Waals surface area contributed by atoms with Gasteiger partial charge in [-0.15, -0.1) is 0 Å². The van der Waals surface area contributed by atoms with Crippen LogP contribution in [0.4, 0.5) is 86.1 Å². The van der Waals surface area contributed by atoms with E-state index < -0.39 is 17.9 Å². The number of rotatable bonds is 25. The van der Waals surface area contributed by atoms with Crippen LogP contribution < -0.4 is 83.6 Å². The van der Waals surface area contributed by atoms with E-state index in [2.05, 4.69) is 95.8 Å². The molecule has 6 aromatic carbocycles. The summed E-state index contributed by atoms with van der Waals surface area (Å²) in [6.45, 7) is 3.88. The molecule has 2 unspecified atom stereocenters. The first kappa shape index (κ1) is 89.6. The number of carboxylic acid groups (broad SMARTS) is 2. The Morgan fingerprint density at radius 3 is 1.56 bits per heavy atom. The summed E-state index contributed by atoms with van der Waals surface area (Å²) in [5, 5.41) is 58.1. The third kappa shape index (κ3) is 24.7. The number of carbonyl (C=O) groups is 6. The topological polar surface area (TPSA) is 440 Å². The fourth-order valence-corrected chi connectivity index (χ4v) is 13.8. The molecule has 2 amide bonds. The van der Waals surface area contributed by atoms with Crippen LogP contribution >= 0.6 is 0 Å². The average molecular weight is 1640 g/mol. The summed E-state index contributed by atoms with van der Waals surface area (Å²) in [5.41, 5.74) is 24.4. The molecule has 2 atom stereocenters. The van der Waals surface area contributed by atoms with Gasteiger partial charge in [0, 0.05) is 143 Å². The van der Waals surface area contributed by atoms with Gasteiger partial charge < -0.3 is 93.9 Å². The number of methoxy groups -OCH3 is 2. The maximum atomic E-state index is 13.3. The van der Waals surface area contributed by atoms with Crippen molar-refractivity contribution in [2.24, 2.45) is 0 Å². The molecule has 0 saturated carbocycles. The van der Waals surface area contributed by atoms with Gasteiger partial charge in [0.1, 0.15) is 34.9 Å². The molecule has 33 nitrogen and oxygen atoms in total. The smallest absolute Gasteiger partial charge is 0.870 e. The van der Waals surface area contributed by atoms with Gasteiger partial charge >= 0.3 is 53.4 Å². The van der Waals surface area contributed by atoms with Gasteiger partial charge in [-0.2, -0.15) is 28.8 Å². The molecule has 622 valence electrons. The quantitative estimate of drug-likeness (QED) is 0.0109. The second kappa shape index (κ2) is 43.1. The average Bonchev–Trinajstić information content (AvgIpc) is 1.62. The summed E-state index contributed by atoms with van der Waals surface area (Å²) in [4.78, 5) is 92.0. The van der Waals surface area contributed by atoms with Crippen LogP contribution in [0.2, 0.25) is 0 Å². The second-order valence-corrected chi connectivity index (χ2v) is 29.3. The van der Waals surface area contributed by atoms with Gasteiger partial charge in [0.25, 0.3) is 5.91 Å². The molecule has 3 aliphatic rings. The summed E-state index contributed by atoms with van der Waals surface area (Å²) in [5.74, 6) is 1.33. The Bertz CT molecular complexity index is 5540. The number of likely N-dealkylation sites (tertiary alicyclic amines) is 1. The van der Waals surface area contributed by atoms with E-state index in [-0.39, 0.29) is 64.8 Å².